The largest absolute Gasteiger partial charge is 0.490 e. The molecule has 0 bridgehead atoms. The topological polar surface area (TPSA) is 50.1 Å². The van der Waals surface area contributed by atoms with Crippen molar-refractivity contribution in [2.45, 2.75) is 39.2 Å². The average molecular weight is 344 g/mol. The van der Waals surface area contributed by atoms with Crippen LogP contribution in [0.2, 0.25) is 0 Å². The number of carbonyl (C=O) groups is 1. The highest BCUT2D eigenvalue weighted by Crippen LogP contribution is 2.25. The summed E-state index contributed by atoms with van der Waals surface area (Å²) in [4.78, 5) is 22.2. The van der Waals surface area contributed by atoms with Gasteiger partial charge < -0.3 is 14.5 Å². The Labute approximate surface area is 149 Å². The summed E-state index contributed by atoms with van der Waals surface area (Å²) < 4.78 is 7.57. The minimum absolute atomic E-state index is 0.0487. The lowest BCUT2D eigenvalue weighted by atomic mass is 10.0. The van der Waals surface area contributed by atoms with Crippen molar-refractivity contribution in [2.24, 2.45) is 0 Å². The van der Waals surface area contributed by atoms with Gasteiger partial charge in [-0.3, -0.25) is 9.20 Å². The maximum absolute atomic E-state index is 13.3. The molecular weight excluding hydrogens is 316 g/mol. The van der Waals surface area contributed by atoms with Crippen molar-refractivity contribution in [1.29, 1.82) is 0 Å². The molecule has 0 spiro atoms. The van der Waals surface area contributed by atoms with Crippen molar-refractivity contribution in [2.75, 3.05) is 33.8 Å². The summed E-state index contributed by atoms with van der Waals surface area (Å²) in [5, 5.41) is 0. The number of fused-ring (bicyclic) bond motifs is 1. The normalized spacial score (nSPS) is 16.3. The number of imidazole rings is 1. The van der Waals surface area contributed by atoms with Crippen molar-refractivity contribution >= 4 is 11.6 Å². The zero-order chi connectivity index (χ0) is 18.0. The van der Waals surface area contributed by atoms with Crippen LogP contribution in [0.4, 0.5) is 0 Å². The number of ether oxygens (including phenoxy) is 1. The van der Waals surface area contributed by atoms with E-state index in [9.17, 15) is 4.79 Å². The third-order valence-corrected chi connectivity index (χ3v) is 5.08. The van der Waals surface area contributed by atoms with Gasteiger partial charge in [-0.15, -0.1) is 0 Å². The minimum atomic E-state index is 0.0487. The van der Waals surface area contributed by atoms with Gasteiger partial charge in [-0.05, 0) is 58.5 Å². The van der Waals surface area contributed by atoms with E-state index in [1.54, 1.807) is 0 Å². The second kappa shape index (κ2) is 7.44. The molecule has 136 valence electrons. The molecule has 1 amide bonds. The Kier molecular flexibility index (Phi) is 5.27. The number of pyridine rings is 1. The molecule has 1 fully saturated rings. The molecule has 6 nitrogen and oxygen atoms in total. The fourth-order valence-corrected chi connectivity index (χ4v) is 3.55. The predicted molar refractivity (Wildman–Crippen MR) is 98.4 cm³/mol. The van der Waals surface area contributed by atoms with E-state index in [0.29, 0.717) is 12.3 Å². The number of aromatic nitrogens is 2. The number of aryl methyl sites for hydroxylation is 1. The molecular formula is C19H28N4O2. The lowest BCUT2D eigenvalue weighted by Gasteiger charge is -2.35. The molecule has 6 heteroatoms. The zero-order valence-electron chi connectivity index (χ0n) is 15.7. The second-order valence-electron chi connectivity index (χ2n) is 6.71. The number of nitrogens with zero attached hydrogens (tertiary/aromatic N) is 4. The first kappa shape index (κ1) is 17.7. The first-order valence-corrected chi connectivity index (χ1v) is 9.15. The number of hydrogen-bond acceptors (Lipinski definition) is 4. The summed E-state index contributed by atoms with van der Waals surface area (Å²) in [5.41, 5.74) is 2.22. The summed E-state index contributed by atoms with van der Waals surface area (Å²) in [6, 6.07) is 4.10. The first-order chi connectivity index (χ1) is 12.1. The van der Waals surface area contributed by atoms with E-state index in [2.05, 4.69) is 11.9 Å². The SMILES string of the molecule is CCOc1cccn2c(C(=O)N(C)C3CCN(C)CC3)c(CC)nc12. The Balaban J connectivity index is 1.96. The molecule has 0 atom stereocenters. The number of piperidine rings is 1. The van der Waals surface area contributed by atoms with Crippen LogP contribution in [0.1, 0.15) is 42.9 Å². The van der Waals surface area contributed by atoms with Gasteiger partial charge in [0.05, 0.1) is 12.3 Å². The Morgan fingerprint density at radius 2 is 2.08 bits per heavy atom. The van der Waals surface area contributed by atoms with Crippen LogP contribution in [-0.4, -0.2) is 64.9 Å². The molecule has 2 aromatic heterocycles. The number of carbonyl (C=O) groups excluding carboxylic acids is 1. The van der Waals surface area contributed by atoms with Gasteiger partial charge in [0, 0.05) is 19.3 Å². The van der Waals surface area contributed by atoms with Gasteiger partial charge >= 0.3 is 0 Å². The number of amides is 1. The molecule has 0 unspecified atom stereocenters. The second-order valence-corrected chi connectivity index (χ2v) is 6.71. The highest BCUT2D eigenvalue weighted by atomic mass is 16.5. The van der Waals surface area contributed by atoms with Crippen LogP contribution in [0.5, 0.6) is 5.75 Å². The fraction of sp³-hybridized carbons (Fsp3) is 0.579. The number of rotatable bonds is 5. The smallest absolute Gasteiger partial charge is 0.272 e. The summed E-state index contributed by atoms with van der Waals surface area (Å²) in [5.74, 6) is 0.772. The Bertz CT molecular complexity index is 747. The average Bonchev–Trinajstić information content (AvgIpc) is 3.01. The summed E-state index contributed by atoms with van der Waals surface area (Å²) in [6.45, 7) is 6.63. The molecule has 3 heterocycles. The maximum Gasteiger partial charge on any atom is 0.272 e. The molecule has 3 rings (SSSR count). The summed E-state index contributed by atoms with van der Waals surface area (Å²) >= 11 is 0. The Morgan fingerprint density at radius 1 is 1.36 bits per heavy atom. The lowest BCUT2D eigenvalue weighted by molar-refractivity contribution is 0.0651. The van der Waals surface area contributed by atoms with Gasteiger partial charge in [0.15, 0.2) is 11.4 Å². The summed E-state index contributed by atoms with van der Waals surface area (Å²) in [6.07, 6.45) is 4.65. The highest BCUT2D eigenvalue weighted by Gasteiger charge is 2.28. The van der Waals surface area contributed by atoms with Gasteiger partial charge in [0.1, 0.15) is 5.69 Å². The van der Waals surface area contributed by atoms with E-state index < -0.39 is 0 Å². The van der Waals surface area contributed by atoms with Crippen molar-refractivity contribution in [3.05, 3.63) is 29.7 Å². The molecule has 0 aliphatic carbocycles. The van der Waals surface area contributed by atoms with Crippen LogP contribution in [0.3, 0.4) is 0 Å². The molecule has 0 saturated carbocycles. The van der Waals surface area contributed by atoms with E-state index >= 15 is 0 Å². The van der Waals surface area contributed by atoms with E-state index in [0.717, 1.165) is 49.4 Å². The molecule has 0 radical (unpaired) electrons. The number of likely N-dealkylation sites (tertiary alicyclic amines) is 1. The molecule has 1 aliphatic heterocycles. The quantitative estimate of drug-likeness (QED) is 0.836. The van der Waals surface area contributed by atoms with Crippen molar-refractivity contribution in [1.82, 2.24) is 19.2 Å². The van der Waals surface area contributed by atoms with Gasteiger partial charge in [-0.25, -0.2) is 4.98 Å². The van der Waals surface area contributed by atoms with Crippen LogP contribution in [-0.2, 0) is 6.42 Å². The van der Waals surface area contributed by atoms with Gasteiger partial charge in [-0.1, -0.05) is 6.92 Å². The monoisotopic (exact) mass is 344 g/mol. The van der Waals surface area contributed by atoms with Crippen LogP contribution in [0.25, 0.3) is 5.65 Å². The van der Waals surface area contributed by atoms with Crippen LogP contribution < -0.4 is 4.74 Å². The fourth-order valence-electron chi connectivity index (χ4n) is 3.55. The minimum Gasteiger partial charge on any atom is -0.490 e. The molecule has 1 saturated heterocycles. The predicted octanol–water partition coefficient (Wildman–Crippen LogP) is 2.46. The first-order valence-electron chi connectivity index (χ1n) is 9.15. The molecule has 0 N–H and O–H groups in total. The Morgan fingerprint density at radius 3 is 2.72 bits per heavy atom. The van der Waals surface area contributed by atoms with E-state index in [1.807, 2.05) is 48.5 Å². The molecule has 25 heavy (non-hydrogen) atoms. The van der Waals surface area contributed by atoms with Gasteiger partial charge in [0.2, 0.25) is 0 Å². The van der Waals surface area contributed by atoms with Crippen LogP contribution >= 0.6 is 0 Å². The van der Waals surface area contributed by atoms with Crippen LogP contribution in [0, 0.1) is 0 Å². The maximum atomic E-state index is 13.3. The molecule has 0 aromatic carbocycles. The third kappa shape index (κ3) is 3.35. The highest BCUT2D eigenvalue weighted by molar-refractivity contribution is 5.95. The van der Waals surface area contributed by atoms with Crippen molar-refractivity contribution in [3.63, 3.8) is 0 Å². The van der Waals surface area contributed by atoms with E-state index in [1.165, 1.54) is 0 Å². The zero-order valence-corrected chi connectivity index (χ0v) is 15.7. The molecule has 1 aliphatic rings. The summed E-state index contributed by atoms with van der Waals surface area (Å²) in [7, 11) is 4.05. The number of hydrogen-bond donors (Lipinski definition) is 0. The van der Waals surface area contributed by atoms with E-state index in [4.69, 9.17) is 9.72 Å². The van der Waals surface area contributed by atoms with Crippen LogP contribution in [0.15, 0.2) is 18.3 Å². The lowest BCUT2D eigenvalue weighted by Crippen LogP contribution is -2.44. The van der Waals surface area contributed by atoms with Gasteiger partial charge in [-0.2, -0.15) is 0 Å². The van der Waals surface area contributed by atoms with Gasteiger partial charge in [0.25, 0.3) is 5.91 Å². The third-order valence-electron chi connectivity index (χ3n) is 5.08. The standard InChI is InChI=1S/C19H28N4O2/c1-5-15-17(19(24)22(4)14-9-12-21(3)13-10-14)23-11-7-8-16(25-6-2)18(23)20-15/h7-8,11,14H,5-6,9-10,12-13H2,1-4H3. The van der Waals surface area contributed by atoms with E-state index in [-0.39, 0.29) is 11.9 Å². The van der Waals surface area contributed by atoms with Crippen molar-refractivity contribution < 1.29 is 9.53 Å². The molecule has 2 aromatic rings. The van der Waals surface area contributed by atoms with Crippen molar-refractivity contribution in [3.8, 4) is 5.75 Å². The Hall–Kier alpha value is -2.08.